The highest BCUT2D eigenvalue weighted by molar-refractivity contribution is 5.97. The van der Waals surface area contributed by atoms with Gasteiger partial charge in [-0.3, -0.25) is 33.6 Å². The lowest BCUT2D eigenvalue weighted by Gasteiger charge is -2.30. The molecule has 7 amide bonds. The minimum atomic E-state index is -1.83. The Morgan fingerprint density at radius 3 is 1.48 bits per heavy atom. The fourth-order valence-electron chi connectivity index (χ4n) is 3.83. The number of aliphatic carboxylic acids is 1. The van der Waals surface area contributed by atoms with Gasteiger partial charge in [0.25, 0.3) is 0 Å². The van der Waals surface area contributed by atoms with Crippen molar-refractivity contribution in [3.8, 4) is 0 Å². The highest BCUT2D eigenvalue weighted by Gasteiger charge is 2.37. The fourth-order valence-corrected chi connectivity index (χ4v) is 3.83. The Balaban J connectivity index is 6.03. The zero-order chi connectivity index (χ0) is 35.9. The second kappa shape index (κ2) is 19.9. The third kappa shape index (κ3) is 14.1. The summed E-state index contributed by atoms with van der Waals surface area (Å²) < 4.78 is 0. The Labute approximate surface area is 264 Å². The molecule has 0 rings (SSSR count). The van der Waals surface area contributed by atoms with Crippen LogP contribution in [0.1, 0.15) is 53.4 Å². The smallest absolute Gasteiger partial charge is 0.326 e. The Morgan fingerprint density at radius 1 is 0.652 bits per heavy atom. The van der Waals surface area contributed by atoms with Crippen molar-refractivity contribution in [2.75, 3.05) is 6.61 Å². The molecule has 46 heavy (non-hydrogen) atoms. The van der Waals surface area contributed by atoms with Crippen LogP contribution in [0.4, 0.5) is 0 Å². The van der Waals surface area contributed by atoms with Crippen LogP contribution in [0.3, 0.4) is 0 Å². The highest BCUT2D eigenvalue weighted by atomic mass is 16.4. The monoisotopic (exact) mass is 662 g/mol. The molecule has 262 valence electrons. The molecule has 0 aromatic rings. The van der Waals surface area contributed by atoms with E-state index >= 15 is 0 Å². The Morgan fingerprint density at radius 2 is 1.09 bits per heavy atom. The van der Waals surface area contributed by atoms with Gasteiger partial charge in [-0.25, -0.2) is 4.79 Å². The summed E-state index contributed by atoms with van der Waals surface area (Å²) in [5, 5.41) is 50.0. The minimum absolute atomic E-state index is 0.378. The van der Waals surface area contributed by atoms with Gasteiger partial charge in [0.15, 0.2) is 0 Å². The molecule has 9 atom stereocenters. The molecule has 15 N–H and O–H groups in total. The number of carbonyl (C=O) groups is 8. The van der Waals surface area contributed by atoms with Crippen molar-refractivity contribution in [3.05, 3.63) is 0 Å². The van der Waals surface area contributed by atoms with Gasteiger partial charge < -0.3 is 64.2 Å². The van der Waals surface area contributed by atoms with Crippen LogP contribution in [-0.2, 0) is 38.4 Å². The summed E-state index contributed by atoms with van der Waals surface area (Å²) >= 11 is 0. The summed E-state index contributed by atoms with van der Waals surface area (Å²) in [6.45, 7) is 4.84. The van der Waals surface area contributed by atoms with Crippen LogP contribution in [0.25, 0.3) is 0 Å². The summed E-state index contributed by atoms with van der Waals surface area (Å²) in [7, 11) is 0. The van der Waals surface area contributed by atoms with Gasteiger partial charge in [0, 0.05) is 6.42 Å². The van der Waals surface area contributed by atoms with E-state index in [1.807, 2.05) is 5.32 Å². The van der Waals surface area contributed by atoms with Gasteiger partial charge in [-0.2, -0.15) is 0 Å². The van der Waals surface area contributed by atoms with Crippen molar-refractivity contribution in [2.24, 2.45) is 23.1 Å². The van der Waals surface area contributed by atoms with Gasteiger partial charge in [-0.1, -0.05) is 20.3 Å². The number of nitrogens with one attached hydrogen (secondary N) is 5. The zero-order valence-electron chi connectivity index (χ0n) is 26.0. The van der Waals surface area contributed by atoms with Gasteiger partial charge in [0.1, 0.15) is 36.3 Å². The molecule has 0 aliphatic carbocycles. The summed E-state index contributed by atoms with van der Waals surface area (Å²) in [5.41, 5.74) is 15.6. The van der Waals surface area contributed by atoms with Gasteiger partial charge in [-0.05, 0) is 26.2 Å². The van der Waals surface area contributed by atoms with E-state index in [1.54, 1.807) is 13.8 Å². The standard InChI is InChI=1S/C26H46N8O12/c1-5-10(2)18(32-21(40)13(27)9-35)23(42)33-20(12(4)37)25(44)34-19(11(3)36)24(43)30-14(6-7-16(28)38)22(41)31-15(26(45)46)8-17(29)39/h10-15,18-20,35-37H,5-9,27H2,1-4H3,(H2,28,38)(H2,29,39)(H,30,43)(H,31,41)(H,32,40)(H,33,42)(H,34,44)(H,45,46)/t10-,11+,12+,13-,14-,15-,18-,19-,20-/m0/s1. The molecule has 0 fully saturated rings. The van der Waals surface area contributed by atoms with Crippen molar-refractivity contribution >= 4 is 47.3 Å². The molecule has 0 heterocycles. The first-order valence-corrected chi connectivity index (χ1v) is 14.3. The van der Waals surface area contributed by atoms with Crippen LogP contribution in [0, 0.1) is 5.92 Å². The minimum Gasteiger partial charge on any atom is -0.480 e. The number of rotatable bonds is 21. The van der Waals surface area contributed by atoms with Gasteiger partial charge in [-0.15, -0.1) is 0 Å². The number of primary amides is 2. The van der Waals surface area contributed by atoms with Gasteiger partial charge >= 0.3 is 5.97 Å². The number of carbonyl (C=O) groups excluding carboxylic acids is 7. The van der Waals surface area contributed by atoms with E-state index in [1.165, 1.54) is 0 Å². The number of carboxylic acid groups (broad SMARTS) is 1. The molecule has 20 heteroatoms. The van der Waals surface area contributed by atoms with Gasteiger partial charge in [0.05, 0.1) is 25.2 Å². The van der Waals surface area contributed by atoms with E-state index in [-0.39, 0.29) is 0 Å². The number of hydrogen-bond acceptors (Lipinski definition) is 12. The van der Waals surface area contributed by atoms with Crippen molar-refractivity contribution in [1.29, 1.82) is 0 Å². The maximum Gasteiger partial charge on any atom is 0.326 e. The Bertz CT molecular complexity index is 1120. The molecule has 0 unspecified atom stereocenters. The van der Waals surface area contributed by atoms with Crippen LogP contribution < -0.4 is 43.8 Å². The topological polar surface area (TPSA) is 356 Å². The largest absolute Gasteiger partial charge is 0.480 e. The van der Waals surface area contributed by atoms with E-state index in [9.17, 15) is 53.7 Å². The van der Waals surface area contributed by atoms with Crippen molar-refractivity contribution in [3.63, 3.8) is 0 Å². The fraction of sp³-hybridized carbons (Fsp3) is 0.692. The number of amides is 7. The normalized spacial score (nSPS) is 16.9. The second-order valence-corrected chi connectivity index (χ2v) is 10.8. The average molecular weight is 663 g/mol. The van der Waals surface area contributed by atoms with E-state index in [2.05, 4.69) is 21.3 Å². The zero-order valence-corrected chi connectivity index (χ0v) is 26.0. The number of hydrogen-bond donors (Lipinski definition) is 12. The van der Waals surface area contributed by atoms with Crippen molar-refractivity contribution < 1.29 is 58.8 Å². The van der Waals surface area contributed by atoms with E-state index in [0.717, 1.165) is 13.8 Å². The van der Waals surface area contributed by atoms with E-state index < -0.39 is 128 Å². The van der Waals surface area contributed by atoms with Crippen molar-refractivity contribution in [2.45, 2.75) is 102 Å². The van der Waals surface area contributed by atoms with Crippen LogP contribution >= 0.6 is 0 Å². The number of aliphatic hydroxyl groups excluding tert-OH is 3. The summed E-state index contributed by atoms with van der Waals surface area (Å²) in [6.07, 6.45) is -4.57. The molecule has 0 radical (unpaired) electrons. The molecule has 0 saturated carbocycles. The van der Waals surface area contributed by atoms with Crippen molar-refractivity contribution in [1.82, 2.24) is 26.6 Å². The number of carboxylic acids is 1. The first-order valence-electron chi connectivity index (χ1n) is 14.3. The SMILES string of the molecule is CC[C@H](C)[C@H](NC(=O)[C@@H](N)CO)C(=O)N[C@H](C(=O)N[C@H](C(=O)N[C@@H](CCC(N)=O)C(=O)N[C@@H](CC(N)=O)C(=O)O)[C@@H](C)O)[C@@H](C)O. The Hall–Kier alpha value is -4.40. The molecule has 0 saturated heterocycles. The average Bonchev–Trinajstić information content (AvgIpc) is 2.96. The molecule has 0 aliphatic rings. The van der Waals surface area contributed by atoms with Crippen LogP contribution in [-0.4, -0.2) is 123 Å². The molecule has 0 bridgehead atoms. The van der Waals surface area contributed by atoms with Crippen LogP contribution in [0.5, 0.6) is 0 Å². The molecule has 0 spiro atoms. The first kappa shape index (κ1) is 41.6. The van der Waals surface area contributed by atoms with Gasteiger partial charge in [0.2, 0.25) is 41.4 Å². The molecule has 0 aliphatic heterocycles. The second-order valence-electron chi connectivity index (χ2n) is 10.8. The molecular formula is C26H46N8O12. The number of nitrogens with two attached hydrogens (primary N) is 3. The predicted octanol–water partition coefficient (Wildman–Crippen LogP) is -6.24. The molecule has 0 aromatic carbocycles. The molecule has 20 nitrogen and oxygen atoms in total. The third-order valence-electron chi connectivity index (χ3n) is 6.78. The quantitative estimate of drug-likeness (QED) is 0.0545. The molecular weight excluding hydrogens is 616 g/mol. The van der Waals surface area contributed by atoms with E-state index in [4.69, 9.17) is 22.3 Å². The van der Waals surface area contributed by atoms with Crippen LogP contribution in [0.15, 0.2) is 0 Å². The lowest BCUT2D eigenvalue weighted by molar-refractivity contribution is -0.144. The Kier molecular flexibility index (Phi) is 18.0. The maximum absolute atomic E-state index is 13.2. The highest BCUT2D eigenvalue weighted by Crippen LogP contribution is 2.10. The molecule has 0 aromatic heterocycles. The predicted molar refractivity (Wildman–Crippen MR) is 157 cm³/mol. The summed E-state index contributed by atoms with van der Waals surface area (Å²) in [6, 6.07) is -9.60. The summed E-state index contributed by atoms with van der Waals surface area (Å²) in [5.74, 6) is -9.38. The first-order chi connectivity index (χ1) is 21.3. The lowest BCUT2D eigenvalue weighted by atomic mass is 9.97. The third-order valence-corrected chi connectivity index (χ3v) is 6.78. The summed E-state index contributed by atoms with van der Waals surface area (Å²) in [4.78, 5) is 98.5. The van der Waals surface area contributed by atoms with E-state index in [0.29, 0.717) is 6.42 Å². The van der Waals surface area contributed by atoms with Crippen LogP contribution in [0.2, 0.25) is 0 Å². The number of aliphatic hydroxyl groups is 3. The maximum atomic E-state index is 13.2. The lowest BCUT2D eigenvalue weighted by Crippen LogP contribution is -2.63.